The second-order valence-electron chi connectivity index (χ2n) is 4.70. The third kappa shape index (κ3) is 4.63. The van der Waals surface area contributed by atoms with Gasteiger partial charge in [-0.25, -0.2) is 4.39 Å². The van der Waals surface area contributed by atoms with Crippen LogP contribution < -0.4 is 5.73 Å². The summed E-state index contributed by atoms with van der Waals surface area (Å²) in [5.41, 5.74) is 6.47. The van der Waals surface area contributed by atoms with E-state index in [4.69, 9.17) is 5.73 Å². The molecule has 1 rings (SSSR count). The fourth-order valence-electron chi connectivity index (χ4n) is 2.15. The van der Waals surface area contributed by atoms with Crippen molar-refractivity contribution in [2.45, 2.75) is 33.2 Å². The van der Waals surface area contributed by atoms with Crippen LogP contribution in [0.15, 0.2) is 24.3 Å². The second-order valence-corrected chi connectivity index (χ2v) is 4.70. The van der Waals surface area contributed by atoms with Crippen LogP contribution in [0, 0.1) is 11.7 Å². The Morgan fingerprint density at radius 3 is 2.68 bits per heavy atom. The first-order valence-corrected chi connectivity index (χ1v) is 6.85. The lowest BCUT2D eigenvalue weighted by molar-refractivity contribution is -0.135. The highest BCUT2D eigenvalue weighted by atomic mass is 19.1. The van der Waals surface area contributed by atoms with E-state index in [0.717, 1.165) is 18.4 Å². The van der Waals surface area contributed by atoms with E-state index >= 15 is 0 Å². The van der Waals surface area contributed by atoms with E-state index in [-0.39, 0.29) is 17.6 Å². The van der Waals surface area contributed by atoms with Crippen molar-refractivity contribution in [1.29, 1.82) is 0 Å². The average molecular weight is 266 g/mol. The monoisotopic (exact) mass is 266 g/mol. The van der Waals surface area contributed by atoms with Crippen LogP contribution in [0.25, 0.3) is 0 Å². The zero-order chi connectivity index (χ0) is 14.3. The van der Waals surface area contributed by atoms with Crippen LogP contribution in [0.5, 0.6) is 0 Å². The van der Waals surface area contributed by atoms with Gasteiger partial charge in [-0.2, -0.15) is 0 Å². The molecule has 3 nitrogen and oxygen atoms in total. The van der Waals surface area contributed by atoms with Crippen molar-refractivity contribution < 1.29 is 9.18 Å². The Morgan fingerprint density at radius 2 is 2.16 bits per heavy atom. The molecule has 106 valence electrons. The highest BCUT2D eigenvalue weighted by molar-refractivity contribution is 5.79. The van der Waals surface area contributed by atoms with Crippen LogP contribution in [0.1, 0.15) is 32.3 Å². The molecule has 1 unspecified atom stereocenters. The number of hydrogen-bond donors (Lipinski definition) is 1. The zero-order valence-electron chi connectivity index (χ0n) is 11.7. The Bertz CT molecular complexity index is 409. The normalized spacial score (nSPS) is 12.2. The number of rotatable bonds is 7. The molecule has 0 aliphatic carbocycles. The standard InChI is InChI=1S/C15H23FN2O/c1-3-6-13(10-17)15(19)18(4-2)11-12-7-5-8-14(16)9-12/h5,7-9,13H,3-4,6,10-11,17H2,1-2H3. The Kier molecular flexibility index (Phi) is 6.50. The van der Waals surface area contributed by atoms with Crippen LogP contribution in [-0.4, -0.2) is 23.9 Å². The van der Waals surface area contributed by atoms with Gasteiger partial charge in [0.15, 0.2) is 0 Å². The predicted molar refractivity (Wildman–Crippen MR) is 74.9 cm³/mol. The summed E-state index contributed by atoms with van der Waals surface area (Å²) >= 11 is 0. The van der Waals surface area contributed by atoms with Gasteiger partial charge in [-0.1, -0.05) is 25.5 Å². The molecule has 2 N–H and O–H groups in total. The second kappa shape index (κ2) is 7.89. The van der Waals surface area contributed by atoms with Crippen molar-refractivity contribution in [1.82, 2.24) is 4.90 Å². The molecule has 0 aliphatic heterocycles. The predicted octanol–water partition coefficient (Wildman–Crippen LogP) is 2.55. The van der Waals surface area contributed by atoms with E-state index in [1.165, 1.54) is 12.1 Å². The van der Waals surface area contributed by atoms with E-state index in [1.54, 1.807) is 11.0 Å². The molecule has 0 aliphatic rings. The van der Waals surface area contributed by atoms with E-state index < -0.39 is 0 Å². The number of carbonyl (C=O) groups is 1. The molecule has 19 heavy (non-hydrogen) atoms. The summed E-state index contributed by atoms with van der Waals surface area (Å²) in [6.45, 7) is 5.38. The van der Waals surface area contributed by atoms with Gasteiger partial charge in [-0.15, -0.1) is 0 Å². The molecule has 0 heterocycles. The first-order chi connectivity index (χ1) is 9.12. The van der Waals surface area contributed by atoms with Gasteiger partial charge in [0.05, 0.1) is 5.92 Å². The third-order valence-electron chi connectivity index (χ3n) is 3.23. The maximum atomic E-state index is 13.1. The SMILES string of the molecule is CCCC(CN)C(=O)N(CC)Cc1cccc(F)c1. The molecule has 0 fully saturated rings. The van der Waals surface area contributed by atoms with Gasteiger partial charge in [0, 0.05) is 19.6 Å². The number of amides is 1. The molecule has 1 aromatic rings. The van der Waals surface area contributed by atoms with Crippen molar-refractivity contribution in [2.75, 3.05) is 13.1 Å². The maximum Gasteiger partial charge on any atom is 0.227 e. The lowest BCUT2D eigenvalue weighted by Crippen LogP contribution is -2.38. The van der Waals surface area contributed by atoms with Crippen LogP contribution in [0.2, 0.25) is 0 Å². The molecule has 0 saturated heterocycles. The molecule has 0 saturated carbocycles. The fourth-order valence-corrected chi connectivity index (χ4v) is 2.15. The minimum absolute atomic E-state index is 0.0658. The van der Waals surface area contributed by atoms with Crippen molar-refractivity contribution >= 4 is 5.91 Å². The highest BCUT2D eigenvalue weighted by Gasteiger charge is 2.21. The zero-order valence-corrected chi connectivity index (χ0v) is 11.7. The largest absolute Gasteiger partial charge is 0.338 e. The first-order valence-electron chi connectivity index (χ1n) is 6.85. The minimum atomic E-state index is -0.273. The maximum absolute atomic E-state index is 13.1. The van der Waals surface area contributed by atoms with Gasteiger partial charge >= 0.3 is 0 Å². The third-order valence-corrected chi connectivity index (χ3v) is 3.23. The van der Waals surface area contributed by atoms with E-state index in [9.17, 15) is 9.18 Å². The number of carbonyl (C=O) groups excluding carboxylic acids is 1. The lowest BCUT2D eigenvalue weighted by atomic mass is 10.0. The van der Waals surface area contributed by atoms with Gasteiger partial charge < -0.3 is 10.6 Å². The molecule has 0 bridgehead atoms. The van der Waals surface area contributed by atoms with E-state index in [1.807, 2.05) is 19.9 Å². The molecule has 0 radical (unpaired) electrons. The Hall–Kier alpha value is -1.42. The first kappa shape index (κ1) is 15.6. The molecule has 0 aromatic heterocycles. The van der Waals surface area contributed by atoms with Crippen molar-refractivity contribution in [3.63, 3.8) is 0 Å². The number of halogens is 1. The fraction of sp³-hybridized carbons (Fsp3) is 0.533. The average Bonchev–Trinajstić information content (AvgIpc) is 2.41. The summed E-state index contributed by atoms with van der Waals surface area (Å²) in [4.78, 5) is 14.1. The topological polar surface area (TPSA) is 46.3 Å². The highest BCUT2D eigenvalue weighted by Crippen LogP contribution is 2.13. The van der Waals surface area contributed by atoms with Crippen LogP contribution in [0.3, 0.4) is 0 Å². The lowest BCUT2D eigenvalue weighted by Gasteiger charge is -2.25. The minimum Gasteiger partial charge on any atom is -0.338 e. The van der Waals surface area contributed by atoms with Crippen molar-refractivity contribution in [3.05, 3.63) is 35.6 Å². The van der Waals surface area contributed by atoms with Gasteiger partial charge in [0.1, 0.15) is 5.82 Å². The quantitative estimate of drug-likeness (QED) is 0.824. The van der Waals surface area contributed by atoms with E-state index in [2.05, 4.69) is 0 Å². The molecular weight excluding hydrogens is 243 g/mol. The van der Waals surface area contributed by atoms with Gasteiger partial charge in [-0.05, 0) is 31.0 Å². The van der Waals surface area contributed by atoms with Crippen molar-refractivity contribution in [2.24, 2.45) is 11.7 Å². The summed E-state index contributed by atoms with van der Waals surface area (Å²) in [5, 5.41) is 0. The summed E-state index contributed by atoms with van der Waals surface area (Å²) in [5.74, 6) is -0.334. The number of nitrogens with zero attached hydrogens (tertiary/aromatic N) is 1. The number of hydrogen-bond acceptors (Lipinski definition) is 2. The van der Waals surface area contributed by atoms with Crippen molar-refractivity contribution in [3.8, 4) is 0 Å². The number of benzene rings is 1. The Balaban J connectivity index is 2.74. The van der Waals surface area contributed by atoms with Gasteiger partial charge in [-0.3, -0.25) is 4.79 Å². The summed E-state index contributed by atoms with van der Waals surface area (Å²) in [6, 6.07) is 6.36. The molecule has 0 spiro atoms. The van der Waals surface area contributed by atoms with Crippen LogP contribution in [-0.2, 0) is 11.3 Å². The molecule has 1 atom stereocenters. The van der Waals surface area contributed by atoms with Gasteiger partial charge in [0.2, 0.25) is 5.91 Å². The van der Waals surface area contributed by atoms with Gasteiger partial charge in [0.25, 0.3) is 0 Å². The van der Waals surface area contributed by atoms with E-state index in [0.29, 0.717) is 19.6 Å². The molecule has 1 aromatic carbocycles. The smallest absolute Gasteiger partial charge is 0.227 e. The summed E-state index contributed by atoms with van der Waals surface area (Å²) < 4.78 is 13.1. The Morgan fingerprint density at radius 1 is 1.42 bits per heavy atom. The van der Waals surface area contributed by atoms with Crippen LogP contribution >= 0.6 is 0 Å². The Labute approximate surface area is 114 Å². The molecular formula is C15H23FN2O. The summed E-state index contributed by atoms with van der Waals surface area (Å²) in [6.07, 6.45) is 1.74. The number of nitrogens with two attached hydrogens (primary N) is 1. The van der Waals surface area contributed by atoms with Crippen LogP contribution in [0.4, 0.5) is 4.39 Å². The molecule has 1 amide bonds. The molecule has 4 heteroatoms. The summed E-state index contributed by atoms with van der Waals surface area (Å²) in [7, 11) is 0.